The highest BCUT2D eigenvalue weighted by molar-refractivity contribution is 5.67. The molecular weight excluding hydrogens is 224 g/mol. The summed E-state index contributed by atoms with van der Waals surface area (Å²) in [4.78, 5) is 0. The lowest BCUT2D eigenvalue weighted by atomic mass is 9.97. The fourth-order valence-electron chi connectivity index (χ4n) is 1.95. The Hall–Kier alpha value is -1.96. The van der Waals surface area contributed by atoms with Crippen LogP contribution >= 0.6 is 0 Å². The van der Waals surface area contributed by atoms with Crippen LogP contribution in [0.3, 0.4) is 0 Å². The van der Waals surface area contributed by atoms with Crippen LogP contribution in [-0.4, -0.2) is 12.2 Å². The molecule has 0 aliphatic heterocycles. The molecule has 2 aromatic rings. The molecule has 0 aliphatic carbocycles. The van der Waals surface area contributed by atoms with E-state index in [-0.39, 0.29) is 5.75 Å². The highest BCUT2D eigenvalue weighted by atomic mass is 16.5. The third-order valence-electron chi connectivity index (χ3n) is 3.01. The van der Waals surface area contributed by atoms with Crippen molar-refractivity contribution in [3.8, 4) is 22.6 Å². The Balaban J connectivity index is 2.47. The first kappa shape index (κ1) is 12.5. The molecule has 1 N–H and O–H groups in total. The van der Waals surface area contributed by atoms with Crippen LogP contribution in [0.1, 0.15) is 25.3 Å². The van der Waals surface area contributed by atoms with Gasteiger partial charge < -0.3 is 9.84 Å². The Labute approximate surface area is 108 Å². The van der Waals surface area contributed by atoms with E-state index in [4.69, 9.17) is 4.74 Å². The molecule has 94 valence electrons. The van der Waals surface area contributed by atoms with Crippen molar-refractivity contribution in [1.82, 2.24) is 0 Å². The molecule has 0 bridgehead atoms. The van der Waals surface area contributed by atoms with Gasteiger partial charge in [0, 0.05) is 6.07 Å². The van der Waals surface area contributed by atoms with Crippen LogP contribution in [-0.2, 0) is 0 Å². The predicted molar refractivity (Wildman–Crippen MR) is 74.2 cm³/mol. The van der Waals surface area contributed by atoms with E-state index in [1.807, 2.05) is 18.2 Å². The van der Waals surface area contributed by atoms with Crippen LogP contribution < -0.4 is 4.74 Å². The smallest absolute Gasteiger partial charge is 0.123 e. The first-order valence-corrected chi connectivity index (χ1v) is 6.08. The van der Waals surface area contributed by atoms with Crippen molar-refractivity contribution in [2.45, 2.75) is 19.8 Å². The number of ether oxygens (including phenoxy) is 1. The average molecular weight is 242 g/mol. The molecule has 2 nitrogen and oxygen atoms in total. The zero-order valence-electron chi connectivity index (χ0n) is 11.0. The van der Waals surface area contributed by atoms with E-state index < -0.39 is 0 Å². The van der Waals surface area contributed by atoms with Gasteiger partial charge in [-0.1, -0.05) is 38.1 Å². The molecule has 0 heterocycles. The number of hydrogen-bond acceptors (Lipinski definition) is 2. The lowest BCUT2D eigenvalue weighted by Gasteiger charge is -2.10. The quantitative estimate of drug-likeness (QED) is 0.874. The number of phenols is 1. The van der Waals surface area contributed by atoms with Crippen LogP contribution in [0, 0.1) is 0 Å². The minimum atomic E-state index is 0.222. The van der Waals surface area contributed by atoms with E-state index in [0.29, 0.717) is 11.7 Å². The Morgan fingerprint density at radius 1 is 1.00 bits per heavy atom. The summed E-state index contributed by atoms with van der Waals surface area (Å²) in [5.41, 5.74) is 3.35. The Morgan fingerprint density at radius 3 is 2.44 bits per heavy atom. The van der Waals surface area contributed by atoms with E-state index in [1.54, 1.807) is 19.2 Å². The van der Waals surface area contributed by atoms with Gasteiger partial charge in [0.1, 0.15) is 11.5 Å². The van der Waals surface area contributed by atoms with Crippen molar-refractivity contribution >= 4 is 0 Å². The third kappa shape index (κ3) is 2.65. The zero-order valence-corrected chi connectivity index (χ0v) is 11.0. The molecule has 0 fully saturated rings. The Bertz CT molecular complexity index is 545. The van der Waals surface area contributed by atoms with Crippen molar-refractivity contribution in [2.75, 3.05) is 7.11 Å². The van der Waals surface area contributed by atoms with E-state index in [0.717, 1.165) is 11.1 Å². The third-order valence-corrected chi connectivity index (χ3v) is 3.01. The largest absolute Gasteiger partial charge is 0.508 e. The summed E-state index contributed by atoms with van der Waals surface area (Å²) < 4.78 is 5.17. The lowest BCUT2D eigenvalue weighted by Crippen LogP contribution is -1.89. The summed E-state index contributed by atoms with van der Waals surface area (Å²) >= 11 is 0. The predicted octanol–water partition coefficient (Wildman–Crippen LogP) is 4.19. The molecule has 0 aliphatic rings. The van der Waals surface area contributed by atoms with Crippen LogP contribution in [0.4, 0.5) is 0 Å². The molecule has 0 saturated carbocycles. The molecule has 2 rings (SSSR count). The SMILES string of the molecule is COc1cc(O)cc(-c2cccc(C(C)C)c2)c1. The number of rotatable bonds is 3. The summed E-state index contributed by atoms with van der Waals surface area (Å²) in [5.74, 6) is 1.38. The molecule has 0 saturated heterocycles. The van der Waals surface area contributed by atoms with Crippen molar-refractivity contribution in [2.24, 2.45) is 0 Å². The first-order chi connectivity index (χ1) is 8.60. The summed E-state index contributed by atoms with van der Waals surface area (Å²) in [5, 5.41) is 9.68. The van der Waals surface area contributed by atoms with Gasteiger partial charge in [0.05, 0.1) is 7.11 Å². The maximum atomic E-state index is 9.68. The highest BCUT2D eigenvalue weighted by Gasteiger charge is 2.05. The van der Waals surface area contributed by atoms with Crippen molar-refractivity contribution < 1.29 is 9.84 Å². The van der Waals surface area contributed by atoms with Crippen LogP contribution in [0.2, 0.25) is 0 Å². The summed E-state index contributed by atoms with van der Waals surface area (Å²) in [6.07, 6.45) is 0. The van der Waals surface area contributed by atoms with E-state index in [2.05, 4.69) is 26.0 Å². The van der Waals surface area contributed by atoms with Gasteiger partial charge in [0.15, 0.2) is 0 Å². The molecule has 2 aromatic carbocycles. The van der Waals surface area contributed by atoms with Crippen molar-refractivity contribution in [3.05, 3.63) is 48.0 Å². The van der Waals surface area contributed by atoms with Crippen molar-refractivity contribution in [1.29, 1.82) is 0 Å². The molecule has 0 spiro atoms. The Morgan fingerprint density at radius 2 is 1.78 bits per heavy atom. The fourth-order valence-corrected chi connectivity index (χ4v) is 1.95. The average Bonchev–Trinajstić information content (AvgIpc) is 2.38. The summed E-state index contributed by atoms with van der Waals surface area (Å²) in [6.45, 7) is 4.34. The lowest BCUT2D eigenvalue weighted by molar-refractivity contribution is 0.408. The van der Waals surface area contributed by atoms with Gasteiger partial charge in [0.25, 0.3) is 0 Å². The second kappa shape index (κ2) is 5.13. The molecule has 0 amide bonds. The van der Waals surface area contributed by atoms with Gasteiger partial charge >= 0.3 is 0 Å². The number of benzene rings is 2. The topological polar surface area (TPSA) is 29.5 Å². The van der Waals surface area contributed by atoms with Gasteiger partial charge in [-0.15, -0.1) is 0 Å². The van der Waals surface area contributed by atoms with E-state index >= 15 is 0 Å². The maximum absolute atomic E-state index is 9.68. The summed E-state index contributed by atoms with van der Waals surface area (Å²) in [7, 11) is 1.60. The van der Waals surface area contributed by atoms with Gasteiger partial charge in [-0.2, -0.15) is 0 Å². The molecule has 2 heteroatoms. The first-order valence-electron chi connectivity index (χ1n) is 6.08. The second-order valence-electron chi connectivity index (χ2n) is 4.70. The van der Waals surface area contributed by atoms with Gasteiger partial charge in [-0.05, 0) is 34.7 Å². The summed E-state index contributed by atoms with van der Waals surface area (Å²) in [6, 6.07) is 13.6. The van der Waals surface area contributed by atoms with E-state index in [1.165, 1.54) is 5.56 Å². The molecule has 0 aromatic heterocycles. The zero-order chi connectivity index (χ0) is 13.1. The van der Waals surface area contributed by atoms with Gasteiger partial charge in [-0.25, -0.2) is 0 Å². The molecular formula is C16H18O2. The number of methoxy groups -OCH3 is 1. The normalized spacial score (nSPS) is 10.7. The molecule has 0 unspecified atom stereocenters. The van der Waals surface area contributed by atoms with Crippen molar-refractivity contribution in [3.63, 3.8) is 0 Å². The number of aromatic hydroxyl groups is 1. The van der Waals surface area contributed by atoms with Crippen LogP contribution in [0.25, 0.3) is 11.1 Å². The fraction of sp³-hybridized carbons (Fsp3) is 0.250. The molecule has 18 heavy (non-hydrogen) atoms. The van der Waals surface area contributed by atoms with E-state index in [9.17, 15) is 5.11 Å². The Kier molecular flexibility index (Phi) is 3.56. The van der Waals surface area contributed by atoms with Crippen LogP contribution in [0.15, 0.2) is 42.5 Å². The minimum absolute atomic E-state index is 0.222. The van der Waals surface area contributed by atoms with Crippen LogP contribution in [0.5, 0.6) is 11.5 Å². The number of phenolic OH excluding ortho intramolecular Hbond substituents is 1. The maximum Gasteiger partial charge on any atom is 0.123 e. The van der Waals surface area contributed by atoms with Gasteiger partial charge in [-0.3, -0.25) is 0 Å². The molecule has 0 atom stereocenters. The molecule has 0 radical (unpaired) electrons. The second-order valence-corrected chi connectivity index (χ2v) is 4.70. The monoisotopic (exact) mass is 242 g/mol. The minimum Gasteiger partial charge on any atom is -0.508 e. The van der Waals surface area contributed by atoms with Gasteiger partial charge in [0.2, 0.25) is 0 Å². The standard InChI is InChI=1S/C16H18O2/c1-11(2)12-5-4-6-13(7-12)14-8-15(17)10-16(9-14)18-3/h4-11,17H,1-3H3. The highest BCUT2D eigenvalue weighted by Crippen LogP contribution is 2.30. The number of hydrogen-bond donors (Lipinski definition) is 1.